The monoisotopic (exact) mass is 303 g/mol. The van der Waals surface area contributed by atoms with Crippen molar-refractivity contribution in [3.63, 3.8) is 0 Å². The molecule has 1 fully saturated rings. The number of nitrogens with zero attached hydrogens (tertiary/aromatic N) is 3. The Bertz CT molecular complexity index is 463. The van der Waals surface area contributed by atoms with Crippen LogP contribution in [-0.4, -0.2) is 48.1 Å². The molecule has 0 amide bonds. The van der Waals surface area contributed by atoms with E-state index in [2.05, 4.69) is 39.4 Å². The lowest BCUT2D eigenvalue weighted by Crippen LogP contribution is -2.54. The Morgan fingerprint density at radius 3 is 2.64 bits per heavy atom. The zero-order valence-corrected chi connectivity index (χ0v) is 14.1. The number of guanidine groups is 1. The highest BCUT2D eigenvalue weighted by atomic mass is 15.2. The lowest BCUT2D eigenvalue weighted by atomic mass is 9.98. The Kier molecular flexibility index (Phi) is 6.19. The van der Waals surface area contributed by atoms with Crippen molar-refractivity contribution in [2.45, 2.75) is 45.2 Å². The Hall–Kier alpha value is -1.62. The zero-order chi connectivity index (χ0) is 15.8. The van der Waals surface area contributed by atoms with Crippen molar-refractivity contribution in [1.82, 2.24) is 20.5 Å². The molecule has 1 aliphatic heterocycles. The highest BCUT2D eigenvalue weighted by Gasteiger charge is 2.27. The maximum atomic E-state index is 4.31. The number of aliphatic imine (C=N–C) groups is 1. The largest absolute Gasteiger partial charge is 0.355 e. The van der Waals surface area contributed by atoms with Crippen LogP contribution in [0.5, 0.6) is 0 Å². The number of hydrogen-bond acceptors (Lipinski definition) is 3. The fourth-order valence-electron chi connectivity index (χ4n) is 2.81. The number of rotatable bonds is 5. The molecule has 2 N–H and O–H groups in total. The van der Waals surface area contributed by atoms with E-state index >= 15 is 0 Å². The Labute approximate surface area is 134 Å². The van der Waals surface area contributed by atoms with E-state index in [4.69, 9.17) is 0 Å². The third-order valence-electron chi connectivity index (χ3n) is 4.29. The molecule has 0 radical (unpaired) electrons. The molecule has 5 heteroatoms. The molecule has 5 nitrogen and oxygen atoms in total. The van der Waals surface area contributed by atoms with Crippen LogP contribution in [0.2, 0.25) is 0 Å². The van der Waals surface area contributed by atoms with Gasteiger partial charge in [0.15, 0.2) is 5.96 Å². The van der Waals surface area contributed by atoms with Gasteiger partial charge in [0.05, 0.1) is 12.2 Å². The van der Waals surface area contributed by atoms with Gasteiger partial charge >= 0.3 is 0 Å². The summed E-state index contributed by atoms with van der Waals surface area (Å²) < 4.78 is 0. The molecule has 0 bridgehead atoms. The van der Waals surface area contributed by atoms with Gasteiger partial charge < -0.3 is 10.6 Å². The van der Waals surface area contributed by atoms with Crippen LogP contribution < -0.4 is 10.6 Å². The van der Waals surface area contributed by atoms with Crippen LogP contribution in [0.1, 0.15) is 38.8 Å². The van der Waals surface area contributed by atoms with Crippen molar-refractivity contribution >= 4 is 5.96 Å². The second kappa shape index (κ2) is 8.13. The summed E-state index contributed by atoms with van der Waals surface area (Å²) in [6.45, 7) is 8.58. The smallest absolute Gasteiger partial charge is 0.191 e. The average Bonchev–Trinajstić information content (AvgIpc) is 2.57. The predicted molar refractivity (Wildman–Crippen MR) is 91.9 cm³/mol. The van der Waals surface area contributed by atoms with Crippen molar-refractivity contribution in [1.29, 1.82) is 0 Å². The normalized spacial score (nSPS) is 17.3. The first kappa shape index (κ1) is 16.7. The minimum Gasteiger partial charge on any atom is -0.355 e. The van der Waals surface area contributed by atoms with E-state index in [1.54, 1.807) is 0 Å². The van der Waals surface area contributed by atoms with Crippen molar-refractivity contribution in [2.75, 3.05) is 26.7 Å². The number of likely N-dealkylation sites (tertiary alicyclic amines) is 1. The fraction of sp³-hybridized carbons (Fsp3) is 0.647. The zero-order valence-electron chi connectivity index (χ0n) is 14.1. The standard InChI is InChI=1S/C17H29N5/c1-17(2,22-11-7-4-8-12-22)14-21-16(18-3)20-13-15-9-5-6-10-19-15/h5-6,9-10H,4,7-8,11-14H2,1-3H3,(H2,18,20,21). The molecule has 0 aromatic carbocycles. The number of nitrogens with one attached hydrogen (secondary N) is 2. The van der Waals surface area contributed by atoms with E-state index in [1.807, 2.05) is 31.4 Å². The van der Waals surface area contributed by atoms with Crippen molar-refractivity contribution in [3.05, 3.63) is 30.1 Å². The molecule has 22 heavy (non-hydrogen) atoms. The highest BCUT2D eigenvalue weighted by molar-refractivity contribution is 5.79. The quantitative estimate of drug-likeness (QED) is 0.645. The first-order chi connectivity index (χ1) is 10.6. The molecule has 1 aliphatic rings. The highest BCUT2D eigenvalue weighted by Crippen LogP contribution is 2.19. The minimum absolute atomic E-state index is 0.142. The SMILES string of the molecule is CN=C(NCc1ccccn1)NCC(C)(C)N1CCCCC1. The van der Waals surface area contributed by atoms with Crippen LogP contribution in [0.25, 0.3) is 0 Å². The summed E-state index contributed by atoms with van der Waals surface area (Å²) >= 11 is 0. The summed E-state index contributed by atoms with van der Waals surface area (Å²) in [5.41, 5.74) is 1.16. The number of hydrogen-bond donors (Lipinski definition) is 2. The summed E-state index contributed by atoms with van der Waals surface area (Å²) in [5.74, 6) is 0.829. The lowest BCUT2D eigenvalue weighted by Gasteiger charge is -2.41. The topological polar surface area (TPSA) is 52.6 Å². The van der Waals surface area contributed by atoms with Gasteiger partial charge in [-0.2, -0.15) is 0 Å². The molecule has 0 aliphatic carbocycles. The molecule has 1 aromatic heterocycles. The molecular weight excluding hydrogens is 274 g/mol. The third kappa shape index (κ3) is 4.98. The summed E-state index contributed by atoms with van der Waals surface area (Å²) in [5, 5.41) is 6.77. The molecule has 2 heterocycles. The van der Waals surface area contributed by atoms with Gasteiger partial charge in [0.25, 0.3) is 0 Å². The van der Waals surface area contributed by atoms with E-state index < -0.39 is 0 Å². The second-order valence-corrected chi connectivity index (χ2v) is 6.46. The maximum absolute atomic E-state index is 4.31. The predicted octanol–water partition coefficient (Wildman–Crippen LogP) is 2.01. The van der Waals surface area contributed by atoms with Gasteiger partial charge in [-0.05, 0) is 51.9 Å². The second-order valence-electron chi connectivity index (χ2n) is 6.46. The van der Waals surface area contributed by atoms with Crippen LogP contribution in [0.3, 0.4) is 0 Å². The summed E-state index contributed by atoms with van der Waals surface area (Å²) in [4.78, 5) is 11.2. The first-order valence-electron chi connectivity index (χ1n) is 8.21. The van der Waals surface area contributed by atoms with Crippen molar-refractivity contribution in [2.24, 2.45) is 4.99 Å². The van der Waals surface area contributed by atoms with E-state index in [-0.39, 0.29) is 5.54 Å². The van der Waals surface area contributed by atoms with E-state index in [9.17, 15) is 0 Å². The summed E-state index contributed by atoms with van der Waals surface area (Å²) in [6.07, 6.45) is 5.81. The van der Waals surface area contributed by atoms with E-state index in [0.29, 0.717) is 6.54 Å². The maximum Gasteiger partial charge on any atom is 0.191 e. The van der Waals surface area contributed by atoms with Gasteiger partial charge in [0, 0.05) is 25.3 Å². The van der Waals surface area contributed by atoms with Crippen molar-refractivity contribution in [3.8, 4) is 0 Å². The Morgan fingerprint density at radius 2 is 2.00 bits per heavy atom. The summed E-state index contributed by atoms with van der Waals surface area (Å²) in [7, 11) is 1.81. The molecule has 2 rings (SSSR count). The molecule has 122 valence electrons. The van der Waals surface area contributed by atoms with Crippen LogP contribution >= 0.6 is 0 Å². The van der Waals surface area contributed by atoms with Crippen LogP contribution in [0.4, 0.5) is 0 Å². The number of aromatic nitrogens is 1. The van der Waals surface area contributed by atoms with Crippen molar-refractivity contribution < 1.29 is 0 Å². The molecule has 1 aromatic rings. The molecule has 0 saturated carbocycles. The lowest BCUT2D eigenvalue weighted by molar-refractivity contribution is 0.0982. The van der Waals surface area contributed by atoms with Gasteiger partial charge in [-0.3, -0.25) is 14.9 Å². The molecular formula is C17H29N5. The van der Waals surface area contributed by atoms with Gasteiger partial charge in [-0.15, -0.1) is 0 Å². The van der Waals surface area contributed by atoms with Gasteiger partial charge in [-0.1, -0.05) is 12.5 Å². The number of pyridine rings is 1. The van der Waals surface area contributed by atoms with Gasteiger partial charge in [0.2, 0.25) is 0 Å². The first-order valence-corrected chi connectivity index (χ1v) is 8.21. The summed E-state index contributed by atoms with van der Waals surface area (Å²) in [6, 6.07) is 5.94. The van der Waals surface area contributed by atoms with Crippen LogP contribution in [0.15, 0.2) is 29.4 Å². The molecule has 0 atom stereocenters. The Balaban J connectivity index is 1.80. The number of piperidine rings is 1. The average molecular weight is 303 g/mol. The van der Waals surface area contributed by atoms with Crippen LogP contribution in [-0.2, 0) is 6.54 Å². The van der Waals surface area contributed by atoms with Gasteiger partial charge in [-0.25, -0.2) is 0 Å². The fourth-order valence-corrected chi connectivity index (χ4v) is 2.81. The van der Waals surface area contributed by atoms with E-state index in [1.165, 1.54) is 32.4 Å². The molecule has 0 spiro atoms. The third-order valence-corrected chi connectivity index (χ3v) is 4.29. The minimum atomic E-state index is 0.142. The van der Waals surface area contributed by atoms with Crippen LogP contribution in [0, 0.1) is 0 Å². The Morgan fingerprint density at radius 1 is 1.23 bits per heavy atom. The van der Waals surface area contributed by atoms with Gasteiger partial charge in [0.1, 0.15) is 0 Å². The molecule has 0 unspecified atom stereocenters. The molecule has 1 saturated heterocycles. The van der Waals surface area contributed by atoms with E-state index in [0.717, 1.165) is 18.2 Å².